The molecule has 0 bridgehead atoms. The maximum Gasteiger partial charge on any atom is 0.387 e. The van der Waals surface area contributed by atoms with Crippen molar-refractivity contribution in [1.82, 2.24) is 0 Å². The lowest BCUT2D eigenvalue weighted by Gasteiger charge is -2.16. The summed E-state index contributed by atoms with van der Waals surface area (Å²) in [5.41, 5.74) is 1.96. The van der Waals surface area contributed by atoms with Crippen LogP contribution in [-0.4, -0.2) is 31.2 Å². The van der Waals surface area contributed by atoms with Crippen LogP contribution in [0.5, 0.6) is 11.5 Å². The fourth-order valence-corrected chi connectivity index (χ4v) is 2.30. The summed E-state index contributed by atoms with van der Waals surface area (Å²) in [6, 6.07) is 11.2. The number of ether oxygens (including phenoxy) is 3. The van der Waals surface area contributed by atoms with Crippen LogP contribution in [0.4, 0.5) is 14.5 Å². The van der Waals surface area contributed by atoms with Gasteiger partial charge in [0.2, 0.25) is 0 Å². The molecule has 2 aromatic carbocycles. The lowest BCUT2D eigenvalue weighted by molar-refractivity contribution is -0.155. The van der Waals surface area contributed by atoms with Gasteiger partial charge >= 0.3 is 12.6 Å². The van der Waals surface area contributed by atoms with Gasteiger partial charge in [0.1, 0.15) is 11.5 Å². The molecule has 0 saturated heterocycles. The van der Waals surface area contributed by atoms with Gasteiger partial charge in [0.15, 0.2) is 12.7 Å². The van der Waals surface area contributed by atoms with E-state index < -0.39 is 24.6 Å². The van der Waals surface area contributed by atoms with Crippen molar-refractivity contribution in [3.63, 3.8) is 0 Å². The number of halogens is 2. The zero-order valence-electron chi connectivity index (χ0n) is 15.7. The summed E-state index contributed by atoms with van der Waals surface area (Å²) in [5.74, 6) is -1.07. The monoisotopic (exact) mass is 393 g/mol. The number of anilines is 1. The highest BCUT2D eigenvalue weighted by Gasteiger charge is 2.20. The van der Waals surface area contributed by atoms with Gasteiger partial charge in [-0.05, 0) is 50.1 Å². The molecule has 0 heterocycles. The third-order valence-electron chi connectivity index (χ3n) is 3.94. The predicted octanol–water partition coefficient (Wildman–Crippen LogP) is 3.85. The quantitative estimate of drug-likeness (QED) is 0.690. The second kappa shape index (κ2) is 9.68. The first kappa shape index (κ1) is 21.1. The van der Waals surface area contributed by atoms with Crippen LogP contribution in [0.15, 0.2) is 42.5 Å². The summed E-state index contributed by atoms with van der Waals surface area (Å²) >= 11 is 0. The summed E-state index contributed by atoms with van der Waals surface area (Å²) in [6.07, 6.45) is -1.16. The fourth-order valence-electron chi connectivity index (χ4n) is 2.30. The van der Waals surface area contributed by atoms with Gasteiger partial charge in [0.25, 0.3) is 5.91 Å². The summed E-state index contributed by atoms with van der Waals surface area (Å²) in [5, 5.41) is 2.40. The minimum Gasteiger partial charge on any atom is -0.482 e. The molecular weight excluding hydrogens is 372 g/mol. The normalized spacial score (nSPS) is 11.6. The van der Waals surface area contributed by atoms with Gasteiger partial charge in [-0.15, -0.1) is 0 Å². The molecule has 0 aliphatic carbocycles. The Balaban J connectivity index is 1.90. The van der Waals surface area contributed by atoms with Gasteiger partial charge in [0, 0.05) is 0 Å². The molecule has 2 aromatic rings. The van der Waals surface area contributed by atoms with Crippen molar-refractivity contribution in [2.24, 2.45) is 0 Å². The van der Waals surface area contributed by atoms with Gasteiger partial charge in [-0.3, -0.25) is 4.79 Å². The van der Waals surface area contributed by atoms with E-state index in [4.69, 9.17) is 9.47 Å². The van der Waals surface area contributed by atoms with Crippen molar-refractivity contribution in [2.75, 3.05) is 11.9 Å². The number of esters is 1. The third-order valence-corrected chi connectivity index (χ3v) is 3.94. The molecular formula is C20H21F2NO5. The van der Waals surface area contributed by atoms with Crippen molar-refractivity contribution in [2.45, 2.75) is 33.5 Å². The van der Waals surface area contributed by atoms with Gasteiger partial charge in [0.05, 0.1) is 5.69 Å². The molecule has 1 atom stereocenters. The van der Waals surface area contributed by atoms with Crippen LogP contribution in [0.1, 0.15) is 18.1 Å². The number of rotatable bonds is 8. The van der Waals surface area contributed by atoms with E-state index in [2.05, 4.69) is 10.1 Å². The molecule has 150 valence electrons. The van der Waals surface area contributed by atoms with Crippen LogP contribution >= 0.6 is 0 Å². The maximum atomic E-state index is 12.4. The number of amides is 1. The lowest BCUT2D eigenvalue weighted by atomic mass is 10.1. The molecule has 1 N–H and O–H groups in total. The second-order valence-corrected chi connectivity index (χ2v) is 5.98. The van der Waals surface area contributed by atoms with E-state index in [1.54, 1.807) is 18.2 Å². The van der Waals surface area contributed by atoms with E-state index in [9.17, 15) is 18.4 Å². The van der Waals surface area contributed by atoms with Crippen LogP contribution in [0.2, 0.25) is 0 Å². The number of carbonyl (C=O) groups excluding carboxylic acids is 2. The Morgan fingerprint density at radius 2 is 1.71 bits per heavy atom. The average Bonchev–Trinajstić information content (AvgIpc) is 2.64. The van der Waals surface area contributed by atoms with Gasteiger partial charge in [-0.2, -0.15) is 8.78 Å². The van der Waals surface area contributed by atoms with E-state index >= 15 is 0 Å². The number of benzene rings is 2. The molecule has 0 spiro atoms. The van der Waals surface area contributed by atoms with Crippen molar-refractivity contribution in [3.05, 3.63) is 53.6 Å². The first-order valence-corrected chi connectivity index (χ1v) is 8.51. The van der Waals surface area contributed by atoms with E-state index in [-0.39, 0.29) is 18.0 Å². The van der Waals surface area contributed by atoms with Crippen molar-refractivity contribution in [3.8, 4) is 11.5 Å². The van der Waals surface area contributed by atoms with Crippen molar-refractivity contribution >= 4 is 17.6 Å². The van der Waals surface area contributed by atoms with E-state index in [0.717, 1.165) is 11.1 Å². The van der Waals surface area contributed by atoms with Crippen molar-refractivity contribution < 1.29 is 32.6 Å². The van der Waals surface area contributed by atoms with Crippen LogP contribution in [0.25, 0.3) is 0 Å². The van der Waals surface area contributed by atoms with Crippen LogP contribution < -0.4 is 14.8 Å². The third kappa shape index (κ3) is 5.94. The van der Waals surface area contributed by atoms with Crippen LogP contribution in [0.3, 0.4) is 0 Å². The molecule has 2 rings (SSSR count). The lowest BCUT2D eigenvalue weighted by Crippen LogP contribution is -2.31. The second-order valence-electron chi connectivity index (χ2n) is 5.98. The predicted molar refractivity (Wildman–Crippen MR) is 98.7 cm³/mol. The molecule has 8 heteroatoms. The zero-order chi connectivity index (χ0) is 20.7. The van der Waals surface area contributed by atoms with Gasteiger partial charge in [-0.25, -0.2) is 4.79 Å². The standard InChI is InChI=1S/C20H21F2NO5/c1-12-7-6-10-16(13(12)2)26-11-18(24)27-14(3)19(25)23-15-8-4-5-9-17(15)28-20(21)22/h4-10,14,20H,11H2,1-3H3,(H,23,25)/t14-/m0/s1. The highest BCUT2D eigenvalue weighted by Crippen LogP contribution is 2.25. The number of nitrogens with one attached hydrogen (secondary N) is 1. The Morgan fingerprint density at radius 1 is 1.04 bits per heavy atom. The largest absolute Gasteiger partial charge is 0.482 e. The first-order valence-electron chi connectivity index (χ1n) is 8.51. The van der Waals surface area contributed by atoms with E-state index in [1.165, 1.54) is 25.1 Å². The molecule has 0 aliphatic heterocycles. The Kier molecular flexibility index (Phi) is 7.31. The summed E-state index contributed by atoms with van der Waals surface area (Å²) in [6.45, 7) is 1.75. The molecule has 6 nitrogen and oxygen atoms in total. The number of hydrogen-bond acceptors (Lipinski definition) is 5. The topological polar surface area (TPSA) is 73.9 Å². The highest BCUT2D eigenvalue weighted by molar-refractivity contribution is 5.96. The molecule has 1 amide bonds. The summed E-state index contributed by atoms with van der Waals surface area (Å²) < 4.78 is 39.7. The fraction of sp³-hybridized carbons (Fsp3) is 0.300. The van der Waals surface area contributed by atoms with Crippen molar-refractivity contribution in [1.29, 1.82) is 0 Å². The first-order chi connectivity index (χ1) is 13.3. The van der Waals surface area contributed by atoms with Crippen LogP contribution in [0, 0.1) is 13.8 Å². The Morgan fingerprint density at radius 3 is 2.43 bits per heavy atom. The number of hydrogen-bond donors (Lipinski definition) is 1. The molecule has 0 radical (unpaired) electrons. The van der Waals surface area contributed by atoms with Gasteiger partial charge in [-0.1, -0.05) is 24.3 Å². The summed E-state index contributed by atoms with van der Waals surface area (Å²) in [7, 11) is 0. The molecule has 0 saturated carbocycles. The minimum absolute atomic E-state index is 0.0438. The number of alkyl halides is 2. The number of carbonyl (C=O) groups is 2. The number of para-hydroxylation sites is 2. The Bertz CT molecular complexity index is 841. The average molecular weight is 393 g/mol. The Labute approximate surface area is 161 Å². The zero-order valence-corrected chi connectivity index (χ0v) is 15.7. The van der Waals surface area contributed by atoms with E-state index in [1.807, 2.05) is 19.9 Å². The molecule has 28 heavy (non-hydrogen) atoms. The molecule has 0 aliphatic rings. The number of aryl methyl sites for hydroxylation is 1. The SMILES string of the molecule is Cc1cccc(OCC(=O)O[C@@H](C)C(=O)Nc2ccccc2OC(F)F)c1C. The maximum absolute atomic E-state index is 12.4. The van der Waals surface area contributed by atoms with Crippen LogP contribution in [-0.2, 0) is 14.3 Å². The molecule has 0 fully saturated rings. The summed E-state index contributed by atoms with van der Waals surface area (Å²) in [4.78, 5) is 24.1. The van der Waals surface area contributed by atoms with Gasteiger partial charge < -0.3 is 19.5 Å². The smallest absolute Gasteiger partial charge is 0.387 e. The molecule has 0 aromatic heterocycles. The Hall–Kier alpha value is -3.16. The minimum atomic E-state index is -3.03. The van der Waals surface area contributed by atoms with E-state index in [0.29, 0.717) is 5.75 Å². The molecule has 0 unspecified atom stereocenters. The highest BCUT2D eigenvalue weighted by atomic mass is 19.3.